The third kappa shape index (κ3) is 2.84. The zero-order valence-corrected chi connectivity index (χ0v) is 11.1. The molecule has 1 atom stereocenters. The largest absolute Gasteiger partial charge is 0.418 e. The minimum atomic E-state index is -5.01. The predicted molar refractivity (Wildman–Crippen MR) is 67.0 cm³/mol. The number of aromatic nitrogens is 2. The van der Waals surface area contributed by atoms with Crippen molar-refractivity contribution >= 4 is 16.7 Å². The Morgan fingerprint density at radius 2 is 1.74 bits per heavy atom. The average molecular weight is 339 g/mol. The Hall–Kier alpha value is -2.26. The van der Waals surface area contributed by atoms with Gasteiger partial charge in [-0.25, -0.2) is 9.37 Å². The van der Waals surface area contributed by atoms with Crippen LogP contribution in [0.4, 0.5) is 30.7 Å². The summed E-state index contributed by atoms with van der Waals surface area (Å²) < 4.78 is 90.5. The molecular weight excluding hydrogens is 331 g/mol. The summed E-state index contributed by atoms with van der Waals surface area (Å²) in [6.07, 6.45) is -10.2. The number of hydrogen-bond acceptors (Lipinski definition) is 2. The van der Waals surface area contributed by atoms with Crippen LogP contribution in [-0.2, 0) is 12.4 Å². The van der Waals surface area contributed by atoms with E-state index in [0.717, 1.165) is 6.08 Å². The Bertz CT molecular complexity index is 785. The molecule has 0 saturated carbocycles. The van der Waals surface area contributed by atoms with Gasteiger partial charge >= 0.3 is 12.4 Å². The van der Waals surface area contributed by atoms with Crippen LogP contribution in [0.5, 0.6) is 0 Å². The lowest BCUT2D eigenvalue weighted by molar-refractivity contribution is -0.142. The van der Waals surface area contributed by atoms with Crippen LogP contribution in [0, 0.1) is 0 Å². The summed E-state index contributed by atoms with van der Waals surface area (Å²) in [6.45, 7) is -0.0771. The standard InChI is InChI=1S/C13H8F7N3/c14-6-3-9(21-4-6)11-22-8-2-5(12(15,16)17)1-7(10(8)23-11)13(18,19)20/h1-3,6,21H,4H2,(H,22,23)/t6-/m1/s1. The number of alkyl halides is 7. The van der Waals surface area contributed by atoms with Gasteiger partial charge in [-0.3, -0.25) is 0 Å². The van der Waals surface area contributed by atoms with Crippen LogP contribution in [-0.4, -0.2) is 22.7 Å². The van der Waals surface area contributed by atoms with E-state index in [0.29, 0.717) is 6.07 Å². The molecule has 2 N–H and O–H groups in total. The molecule has 3 rings (SSSR count). The summed E-state index contributed by atoms with van der Waals surface area (Å²) in [7, 11) is 0. The maximum absolute atomic E-state index is 13.1. The smallest absolute Gasteiger partial charge is 0.379 e. The summed E-state index contributed by atoms with van der Waals surface area (Å²) in [4.78, 5) is 6.05. The Labute approximate surface area is 124 Å². The van der Waals surface area contributed by atoms with Gasteiger partial charge in [0.1, 0.15) is 11.7 Å². The summed E-state index contributed by atoms with van der Waals surface area (Å²) in [6, 6.07) is 0.560. The molecule has 0 radical (unpaired) electrons. The van der Waals surface area contributed by atoms with Crippen molar-refractivity contribution in [1.82, 2.24) is 15.3 Å². The molecule has 2 heterocycles. The number of H-pyrrole nitrogens is 1. The number of nitrogens with one attached hydrogen (secondary N) is 2. The summed E-state index contributed by atoms with van der Waals surface area (Å²) >= 11 is 0. The molecular formula is C13H8F7N3. The molecule has 1 aromatic heterocycles. The van der Waals surface area contributed by atoms with Crippen LogP contribution >= 0.6 is 0 Å². The van der Waals surface area contributed by atoms with Gasteiger partial charge < -0.3 is 10.3 Å². The first-order valence-electron chi connectivity index (χ1n) is 6.34. The van der Waals surface area contributed by atoms with Gasteiger partial charge in [-0.05, 0) is 18.2 Å². The van der Waals surface area contributed by atoms with Crippen molar-refractivity contribution in [2.24, 2.45) is 0 Å². The highest BCUT2D eigenvalue weighted by molar-refractivity contribution is 5.83. The van der Waals surface area contributed by atoms with Crippen molar-refractivity contribution in [1.29, 1.82) is 0 Å². The van der Waals surface area contributed by atoms with Crippen LogP contribution in [0.3, 0.4) is 0 Å². The lowest BCUT2D eigenvalue weighted by Gasteiger charge is -2.11. The molecule has 0 fully saturated rings. The number of nitrogens with zero attached hydrogens (tertiary/aromatic N) is 1. The summed E-state index contributed by atoms with van der Waals surface area (Å²) in [5, 5.41) is 2.58. The van der Waals surface area contributed by atoms with Gasteiger partial charge in [-0.2, -0.15) is 26.3 Å². The Morgan fingerprint density at radius 1 is 1.04 bits per heavy atom. The number of benzene rings is 1. The van der Waals surface area contributed by atoms with E-state index in [1.807, 2.05) is 0 Å². The lowest BCUT2D eigenvalue weighted by atomic mass is 10.1. The molecule has 0 bridgehead atoms. The number of rotatable bonds is 1. The van der Waals surface area contributed by atoms with E-state index in [9.17, 15) is 30.7 Å². The molecule has 1 aliphatic heterocycles. The molecule has 1 aromatic carbocycles. The van der Waals surface area contributed by atoms with Gasteiger partial charge in [-0.15, -0.1) is 0 Å². The second-order valence-electron chi connectivity index (χ2n) is 4.98. The molecule has 124 valence electrons. The fraction of sp³-hybridized carbons (Fsp3) is 0.308. The zero-order valence-electron chi connectivity index (χ0n) is 11.1. The van der Waals surface area contributed by atoms with Gasteiger partial charge in [0.15, 0.2) is 5.82 Å². The molecule has 23 heavy (non-hydrogen) atoms. The molecule has 0 spiro atoms. The van der Waals surface area contributed by atoms with E-state index >= 15 is 0 Å². The molecule has 2 aromatic rings. The van der Waals surface area contributed by atoms with E-state index in [-0.39, 0.29) is 24.1 Å². The zero-order chi connectivity index (χ0) is 17.0. The minimum Gasteiger partial charge on any atom is -0.379 e. The second kappa shape index (κ2) is 4.87. The van der Waals surface area contributed by atoms with Gasteiger partial charge in [0, 0.05) is 6.54 Å². The number of halogens is 7. The minimum absolute atomic E-state index is 0.0152. The van der Waals surface area contributed by atoms with Crippen LogP contribution in [0.15, 0.2) is 18.2 Å². The van der Waals surface area contributed by atoms with Crippen molar-refractivity contribution in [3.05, 3.63) is 35.2 Å². The maximum Gasteiger partial charge on any atom is 0.418 e. The van der Waals surface area contributed by atoms with Crippen LogP contribution in [0.1, 0.15) is 17.0 Å². The van der Waals surface area contributed by atoms with Crippen LogP contribution in [0.2, 0.25) is 0 Å². The maximum atomic E-state index is 13.1. The first-order chi connectivity index (χ1) is 10.6. The van der Waals surface area contributed by atoms with Gasteiger partial charge in [-0.1, -0.05) is 0 Å². The Balaban J connectivity index is 2.22. The molecule has 0 unspecified atom stereocenters. The monoisotopic (exact) mass is 339 g/mol. The Morgan fingerprint density at radius 3 is 2.26 bits per heavy atom. The molecule has 0 aliphatic carbocycles. The molecule has 3 nitrogen and oxygen atoms in total. The topological polar surface area (TPSA) is 40.7 Å². The van der Waals surface area contributed by atoms with Gasteiger partial charge in [0.05, 0.1) is 22.3 Å². The van der Waals surface area contributed by atoms with Crippen molar-refractivity contribution in [2.75, 3.05) is 6.54 Å². The SMILES string of the molecule is F[C@@H]1C=C(c2nc3c(C(F)(F)F)cc(C(F)(F)F)cc3[nH]2)NC1. The fourth-order valence-corrected chi connectivity index (χ4v) is 2.29. The van der Waals surface area contributed by atoms with Crippen molar-refractivity contribution in [3.8, 4) is 0 Å². The number of fused-ring (bicyclic) bond motifs is 1. The highest BCUT2D eigenvalue weighted by Crippen LogP contribution is 2.39. The van der Waals surface area contributed by atoms with Gasteiger partial charge in [0.25, 0.3) is 0 Å². The van der Waals surface area contributed by atoms with Gasteiger partial charge in [0.2, 0.25) is 0 Å². The van der Waals surface area contributed by atoms with Crippen molar-refractivity contribution in [3.63, 3.8) is 0 Å². The first-order valence-corrected chi connectivity index (χ1v) is 6.34. The van der Waals surface area contributed by atoms with Crippen molar-refractivity contribution in [2.45, 2.75) is 18.5 Å². The fourth-order valence-electron chi connectivity index (χ4n) is 2.29. The van der Waals surface area contributed by atoms with E-state index in [1.165, 1.54) is 0 Å². The number of imidazole rings is 1. The highest BCUT2D eigenvalue weighted by atomic mass is 19.4. The second-order valence-corrected chi connectivity index (χ2v) is 4.98. The molecule has 0 amide bonds. The van der Waals surface area contributed by atoms with Crippen LogP contribution in [0.25, 0.3) is 16.7 Å². The lowest BCUT2D eigenvalue weighted by Crippen LogP contribution is -2.12. The molecule has 0 saturated heterocycles. The van der Waals surface area contributed by atoms with E-state index in [2.05, 4.69) is 15.3 Å². The highest BCUT2D eigenvalue weighted by Gasteiger charge is 2.39. The number of hydrogen-bond donors (Lipinski definition) is 2. The summed E-state index contributed by atoms with van der Waals surface area (Å²) in [5.74, 6) is -0.148. The van der Waals surface area contributed by atoms with E-state index < -0.39 is 40.7 Å². The van der Waals surface area contributed by atoms with Crippen molar-refractivity contribution < 1.29 is 30.7 Å². The predicted octanol–water partition coefficient (Wildman–Crippen LogP) is 3.88. The quantitative estimate of drug-likeness (QED) is 0.774. The van der Waals surface area contributed by atoms with E-state index in [4.69, 9.17) is 0 Å². The first kappa shape index (κ1) is 15.6. The Kier molecular flexibility index (Phi) is 3.31. The summed E-state index contributed by atoms with van der Waals surface area (Å²) in [5.41, 5.74) is -3.91. The normalized spacial score (nSPS) is 19.1. The number of aromatic amines is 1. The average Bonchev–Trinajstić information content (AvgIpc) is 3.00. The third-order valence-electron chi connectivity index (χ3n) is 3.31. The third-order valence-corrected chi connectivity index (χ3v) is 3.31. The van der Waals surface area contributed by atoms with E-state index in [1.54, 1.807) is 0 Å². The molecule has 1 aliphatic rings. The molecule has 10 heteroatoms. The van der Waals surface area contributed by atoms with Crippen LogP contribution < -0.4 is 5.32 Å².